The molecule has 2 unspecified atom stereocenters. The second kappa shape index (κ2) is 7.82. The van der Waals surface area contributed by atoms with Gasteiger partial charge in [-0.2, -0.15) is 0 Å². The number of aliphatic hydroxyl groups excluding tert-OH is 1. The minimum absolute atomic E-state index is 0.272. The van der Waals surface area contributed by atoms with Crippen molar-refractivity contribution in [2.45, 2.75) is 38.4 Å². The topological polar surface area (TPSA) is 32.7 Å². The van der Waals surface area contributed by atoms with Crippen LogP contribution in [-0.4, -0.2) is 42.4 Å². The molecule has 0 radical (unpaired) electrons. The second-order valence-electron chi connectivity index (χ2n) is 5.54. The normalized spacial score (nSPS) is 20.1. The van der Waals surface area contributed by atoms with E-state index in [9.17, 15) is 13.9 Å². The smallest absolute Gasteiger partial charge is 0.126 e. The molecule has 2 atom stereocenters. The van der Waals surface area contributed by atoms with Gasteiger partial charge in [0.25, 0.3) is 0 Å². The zero-order valence-electron chi connectivity index (χ0n) is 12.4. The van der Waals surface area contributed by atoms with E-state index in [1.807, 2.05) is 0 Å². The Hall–Kier alpha value is -1.04. The van der Waals surface area contributed by atoms with Gasteiger partial charge in [0, 0.05) is 25.8 Å². The van der Waals surface area contributed by atoms with Crippen LogP contribution in [0.3, 0.4) is 0 Å². The summed E-state index contributed by atoms with van der Waals surface area (Å²) in [6.45, 7) is 5.27. The summed E-state index contributed by atoms with van der Waals surface area (Å²) in [5.74, 6) is -1.31. The van der Waals surface area contributed by atoms with E-state index in [0.29, 0.717) is 18.5 Å². The molecule has 21 heavy (non-hydrogen) atoms. The largest absolute Gasteiger partial charge is 0.388 e. The number of hydrogen-bond acceptors (Lipinski definition) is 3. The summed E-state index contributed by atoms with van der Waals surface area (Å²) in [5.41, 5.74) is 0.292. The highest BCUT2D eigenvalue weighted by molar-refractivity contribution is 5.20. The molecule has 1 aromatic rings. The van der Waals surface area contributed by atoms with Gasteiger partial charge < -0.3 is 14.7 Å². The molecule has 1 heterocycles. The maximum atomic E-state index is 13.1. The van der Waals surface area contributed by atoms with Gasteiger partial charge in [-0.05, 0) is 43.5 Å². The zero-order valence-corrected chi connectivity index (χ0v) is 12.4. The van der Waals surface area contributed by atoms with Crippen molar-refractivity contribution in [3.63, 3.8) is 0 Å². The van der Waals surface area contributed by atoms with Crippen LogP contribution in [0.5, 0.6) is 0 Å². The summed E-state index contributed by atoms with van der Waals surface area (Å²) >= 11 is 0. The fourth-order valence-corrected chi connectivity index (χ4v) is 2.69. The van der Waals surface area contributed by atoms with E-state index in [4.69, 9.17) is 4.74 Å². The molecule has 1 aliphatic rings. The van der Waals surface area contributed by atoms with E-state index < -0.39 is 17.7 Å². The van der Waals surface area contributed by atoms with Crippen LogP contribution in [-0.2, 0) is 4.74 Å². The minimum Gasteiger partial charge on any atom is -0.388 e. The van der Waals surface area contributed by atoms with Gasteiger partial charge in [-0.25, -0.2) is 8.78 Å². The molecular weight excluding hydrogens is 276 g/mol. The van der Waals surface area contributed by atoms with E-state index in [-0.39, 0.29) is 6.10 Å². The van der Waals surface area contributed by atoms with Crippen molar-refractivity contribution in [1.82, 2.24) is 4.90 Å². The first-order chi connectivity index (χ1) is 10.1. The molecule has 0 spiro atoms. The molecule has 0 saturated carbocycles. The third-order valence-electron chi connectivity index (χ3n) is 3.92. The molecule has 3 nitrogen and oxygen atoms in total. The summed E-state index contributed by atoms with van der Waals surface area (Å²) in [4.78, 5) is 2.20. The average Bonchev–Trinajstić information content (AvgIpc) is 2.94. The monoisotopic (exact) mass is 299 g/mol. The van der Waals surface area contributed by atoms with Gasteiger partial charge in [0.1, 0.15) is 11.6 Å². The summed E-state index contributed by atoms with van der Waals surface area (Å²) in [6.07, 6.45) is 2.05. The van der Waals surface area contributed by atoms with E-state index in [2.05, 4.69) is 11.8 Å². The predicted octanol–water partition coefficient (Wildman–Crippen LogP) is 2.89. The summed E-state index contributed by atoms with van der Waals surface area (Å²) in [7, 11) is 0. The van der Waals surface area contributed by atoms with Gasteiger partial charge in [-0.15, -0.1) is 0 Å². The standard InChI is InChI=1S/C16H23F2NO2/c1-2-19(11-15-4-3-7-21-15)6-5-16(20)12-8-13(17)10-14(18)9-12/h8-10,15-16,20H,2-7,11H2,1H3. The van der Waals surface area contributed by atoms with Crippen molar-refractivity contribution in [1.29, 1.82) is 0 Å². The van der Waals surface area contributed by atoms with Crippen LogP contribution in [0.15, 0.2) is 18.2 Å². The van der Waals surface area contributed by atoms with Crippen LogP contribution in [0.1, 0.15) is 37.9 Å². The van der Waals surface area contributed by atoms with Crippen molar-refractivity contribution in [3.05, 3.63) is 35.4 Å². The van der Waals surface area contributed by atoms with Crippen LogP contribution >= 0.6 is 0 Å². The van der Waals surface area contributed by atoms with Gasteiger partial charge >= 0.3 is 0 Å². The van der Waals surface area contributed by atoms with E-state index >= 15 is 0 Å². The van der Waals surface area contributed by atoms with Gasteiger partial charge in [-0.3, -0.25) is 0 Å². The Morgan fingerprint density at radius 1 is 1.33 bits per heavy atom. The number of rotatable bonds is 7. The van der Waals surface area contributed by atoms with Crippen molar-refractivity contribution >= 4 is 0 Å². The minimum atomic E-state index is -0.853. The first-order valence-electron chi connectivity index (χ1n) is 7.56. The molecule has 118 valence electrons. The number of benzene rings is 1. The molecule has 5 heteroatoms. The highest BCUT2D eigenvalue weighted by atomic mass is 19.1. The predicted molar refractivity (Wildman–Crippen MR) is 77.0 cm³/mol. The van der Waals surface area contributed by atoms with Crippen LogP contribution in [0.25, 0.3) is 0 Å². The van der Waals surface area contributed by atoms with Gasteiger partial charge in [0.05, 0.1) is 12.2 Å². The molecule has 0 bridgehead atoms. The third-order valence-corrected chi connectivity index (χ3v) is 3.92. The summed E-state index contributed by atoms with van der Waals surface area (Å²) in [6, 6.07) is 3.18. The van der Waals surface area contributed by atoms with Crippen molar-refractivity contribution in [2.24, 2.45) is 0 Å². The Morgan fingerprint density at radius 2 is 2.05 bits per heavy atom. The number of ether oxygens (including phenoxy) is 1. The lowest BCUT2D eigenvalue weighted by atomic mass is 10.1. The Morgan fingerprint density at radius 3 is 2.62 bits per heavy atom. The molecule has 1 saturated heterocycles. The highest BCUT2D eigenvalue weighted by Gasteiger charge is 2.19. The fourth-order valence-electron chi connectivity index (χ4n) is 2.69. The van der Waals surface area contributed by atoms with Crippen LogP contribution in [0.2, 0.25) is 0 Å². The van der Waals surface area contributed by atoms with Gasteiger partial charge in [0.2, 0.25) is 0 Å². The Labute approximate surface area is 124 Å². The lowest BCUT2D eigenvalue weighted by Gasteiger charge is -2.24. The third kappa shape index (κ3) is 5.02. The molecule has 1 N–H and O–H groups in total. The second-order valence-corrected chi connectivity index (χ2v) is 5.54. The summed E-state index contributed by atoms with van der Waals surface area (Å²) < 4.78 is 31.9. The molecule has 2 rings (SSSR count). The van der Waals surface area contributed by atoms with Crippen LogP contribution in [0, 0.1) is 11.6 Å². The maximum Gasteiger partial charge on any atom is 0.126 e. The van der Waals surface area contributed by atoms with Gasteiger partial charge in [0.15, 0.2) is 0 Å². The van der Waals surface area contributed by atoms with E-state index in [1.54, 1.807) is 0 Å². The van der Waals surface area contributed by atoms with Crippen molar-refractivity contribution in [2.75, 3.05) is 26.2 Å². The number of hydrogen-bond donors (Lipinski definition) is 1. The SMILES string of the molecule is CCN(CCC(O)c1cc(F)cc(F)c1)CC1CCCO1. The fraction of sp³-hybridized carbons (Fsp3) is 0.625. The van der Waals surface area contributed by atoms with Crippen LogP contribution in [0.4, 0.5) is 8.78 Å². The van der Waals surface area contributed by atoms with Crippen molar-refractivity contribution < 1.29 is 18.6 Å². The lowest BCUT2D eigenvalue weighted by molar-refractivity contribution is 0.0668. The maximum absolute atomic E-state index is 13.1. The van der Waals surface area contributed by atoms with Crippen molar-refractivity contribution in [3.8, 4) is 0 Å². The molecule has 1 aromatic carbocycles. The quantitative estimate of drug-likeness (QED) is 0.840. The first kappa shape index (κ1) is 16.3. The molecular formula is C16H23F2NO2. The lowest BCUT2D eigenvalue weighted by Crippen LogP contribution is -2.33. The highest BCUT2D eigenvalue weighted by Crippen LogP contribution is 2.20. The van der Waals surface area contributed by atoms with Gasteiger partial charge in [-0.1, -0.05) is 6.92 Å². The number of aliphatic hydroxyl groups is 1. The molecule has 1 fully saturated rings. The summed E-state index contributed by atoms with van der Waals surface area (Å²) in [5, 5.41) is 10.1. The Balaban J connectivity index is 1.84. The number of likely N-dealkylation sites (N-methyl/N-ethyl adjacent to an activating group) is 1. The average molecular weight is 299 g/mol. The van der Waals surface area contributed by atoms with E-state index in [1.165, 1.54) is 12.1 Å². The molecule has 0 aromatic heterocycles. The van der Waals surface area contributed by atoms with E-state index in [0.717, 1.165) is 38.6 Å². The van der Waals surface area contributed by atoms with Crippen LogP contribution < -0.4 is 0 Å². The zero-order chi connectivity index (χ0) is 15.2. The number of halogens is 2. The Kier molecular flexibility index (Phi) is 6.08. The molecule has 0 amide bonds. The molecule has 0 aliphatic carbocycles. The first-order valence-corrected chi connectivity index (χ1v) is 7.56. The molecule has 1 aliphatic heterocycles. The number of nitrogens with zero attached hydrogens (tertiary/aromatic N) is 1. The Bertz CT molecular complexity index is 430.